The zero-order valence-corrected chi connectivity index (χ0v) is 17.3. The number of aryl methyl sites for hydroxylation is 1. The monoisotopic (exact) mass is 421 g/mol. The van der Waals surface area contributed by atoms with E-state index in [0.717, 1.165) is 10.4 Å². The molecule has 0 spiro atoms. The van der Waals surface area contributed by atoms with Crippen molar-refractivity contribution >= 4 is 57.9 Å². The van der Waals surface area contributed by atoms with Gasteiger partial charge in [0.25, 0.3) is 5.91 Å². The van der Waals surface area contributed by atoms with E-state index in [1.807, 2.05) is 42.6 Å². The number of hydrogen-bond acceptors (Lipinski definition) is 4. The van der Waals surface area contributed by atoms with Gasteiger partial charge >= 0.3 is 0 Å². The fourth-order valence-corrected chi connectivity index (χ4v) is 3.32. The van der Waals surface area contributed by atoms with Crippen molar-refractivity contribution in [2.75, 3.05) is 10.6 Å². The Kier molecular flexibility index (Phi) is 6.89. The first kappa shape index (κ1) is 20.4. The van der Waals surface area contributed by atoms with Crippen LogP contribution in [0, 0.1) is 6.92 Å². The molecule has 29 heavy (non-hydrogen) atoms. The van der Waals surface area contributed by atoms with Crippen LogP contribution in [0.2, 0.25) is 0 Å². The third-order valence-electron chi connectivity index (χ3n) is 3.86. The molecule has 0 atom stereocenters. The van der Waals surface area contributed by atoms with Crippen molar-refractivity contribution in [3.8, 4) is 0 Å². The first-order valence-corrected chi connectivity index (χ1v) is 10.1. The predicted octanol–water partition coefficient (Wildman–Crippen LogP) is 4.84. The van der Waals surface area contributed by atoms with E-state index in [4.69, 9.17) is 12.2 Å². The van der Waals surface area contributed by atoms with Crippen LogP contribution in [0.4, 0.5) is 11.4 Å². The van der Waals surface area contributed by atoms with E-state index in [2.05, 4.69) is 16.0 Å². The highest BCUT2D eigenvalue weighted by Crippen LogP contribution is 2.15. The summed E-state index contributed by atoms with van der Waals surface area (Å²) in [5, 5.41) is 10.5. The number of hydrogen-bond donors (Lipinski definition) is 3. The van der Waals surface area contributed by atoms with E-state index in [0.29, 0.717) is 16.9 Å². The molecular weight excluding hydrogens is 402 g/mol. The quantitative estimate of drug-likeness (QED) is 0.407. The van der Waals surface area contributed by atoms with Gasteiger partial charge in [0.1, 0.15) is 0 Å². The van der Waals surface area contributed by atoms with Crippen LogP contribution in [0.25, 0.3) is 6.08 Å². The fraction of sp³-hybridized carbons (Fsp3) is 0.0455. The van der Waals surface area contributed by atoms with E-state index >= 15 is 0 Å². The van der Waals surface area contributed by atoms with Gasteiger partial charge in [-0.2, -0.15) is 0 Å². The summed E-state index contributed by atoms with van der Waals surface area (Å²) in [5.74, 6) is -0.479. The molecule has 0 saturated heterocycles. The minimum Gasteiger partial charge on any atom is -0.332 e. The van der Waals surface area contributed by atoms with E-state index in [1.54, 1.807) is 47.7 Å². The van der Waals surface area contributed by atoms with Gasteiger partial charge in [-0.1, -0.05) is 23.8 Å². The minimum atomic E-state index is -0.307. The van der Waals surface area contributed by atoms with E-state index < -0.39 is 0 Å². The van der Waals surface area contributed by atoms with Gasteiger partial charge in [0, 0.05) is 27.9 Å². The lowest BCUT2D eigenvalue weighted by Crippen LogP contribution is -2.32. The smallest absolute Gasteiger partial charge is 0.255 e. The third kappa shape index (κ3) is 6.38. The number of rotatable bonds is 5. The molecule has 1 heterocycles. The van der Waals surface area contributed by atoms with Crippen molar-refractivity contribution < 1.29 is 9.59 Å². The molecule has 2 amide bonds. The van der Waals surface area contributed by atoms with Crippen molar-refractivity contribution in [2.24, 2.45) is 0 Å². The molecule has 7 heteroatoms. The molecule has 5 nitrogen and oxygen atoms in total. The molecule has 2 aromatic carbocycles. The van der Waals surface area contributed by atoms with E-state index in [1.165, 1.54) is 6.08 Å². The number of thiocarbonyl (C=S) groups is 1. The Labute approximate surface area is 178 Å². The molecule has 3 aromatic rings. The maximum atomic E-state index is 12.3. The van der Waals surface area contributed by atoms with Gasteiger partial charge in [0.15, 0.2) is 5.11 Å². The van der Waals surface area contributed by atoms with Crippen LogP contribution < -0.4 is 16.0 Å². The largest absolute Gasteiger partial charge is 0.332 e. The molecule has 3 N–H and O–H groups in total. The molecular formula is C22H19N3O2S2. The molecule has 1 aromatic heterocycles. The molecule has 0 unspecified atom stereocenters. The first-order chi connectivity index (χ1) is 14.0. The van der Waals surface area contributed by atoms with Crippen LogP contribution >= 0.6 is 23.6 Å². The van der Waals surface area contributed by atoms with Gasteiger partial charge in [-0.15, -0.1) is 11.3 Å². The van der Waals surface area contributed by atoms with Crippen LogP contribution in [0.3, 0.4) is 0 Å². The Morgan fingerprint density at radius 1 is 0.966 bits per heavy atom. The van der Waals surface area contributed by atoms with Crippen LogP contribution in [0.1, 0.15) is 20.8 Å². The Balaban J connectivity index is 1.51. The van der Waals surface area contributed by atoms with Crippen LogP contribution in [0.5, 0.6) is 0 Å². The van der Waals surface area contributed by atoms with Gasteiger partial charge in [0.05, 0.1) is 0 Å². The topological polar surface area (TPSA) is 70.2 Å². The summed E-state index contributed by atoms with van der Waals surface area (Å²) in [4.78, 5) is 25.2. The SMILES string of the molecule is Cc1cccc(C(=O)Nc2ccc(NC(=S)NC(=O)/C=C/c3cccs3)cc2)c1. The average Bonchev–Trinajstić information content (AvgIpc) is 3.21. The summed E-state index contributed by atoms with van der Waals surface area (Å²) in [6.45, 7) is 1.94. The second-order valence-electron chi connectivity index (χ2n) is 6.19. The lowest BCUT2D eigenvalue weighted by Gasteiger charge is -2.10. The third-order valence-corrected chi connectivity index (χ3v) is 4.90. The van der Waals surface area contributed by atoms with Gasteiger partial charge in [-0.3, -0.25) is 14.9 Å². The Morgan fingerprint density at radius 3 is 2.34 bits per heavy atom. The fourth-order valence-electron chi connectivity index (χ4n) is 2.49. The van der Waals surface area contributed by atoms with Crippen molar-refractivity contribution in [1.82, 2.24) is 5.32 Å². The normalized spacial score (nSPS) is 10.5. The summed E-state index contributed by atoms with van der Waals surface area (Å²) < 4.78 is 0. The maximum Gasteiger partial charge on any atom is 0.255 e. The number of carbonyl (C=O) groups excluding carboxylic acids is 2. The van der Waals surface area contributed by atoms with Crippen molar-refractivity contribution in [1.29, 1.82) is 0 Å². The van der Waals surface area contributed by atoms with Gasteiger partial charge in [0.2, 0.25) is 5.91 Å². The molecule has 0 aliphatic carbocycles. The predicted molar refractivity (Wildman–Crippen MR) is 123 cm³/mol. The van der Waals surface area contributed by atoms with Crippen molar-refractivity contribution in [2.45, 2.75) is 6.92 Å². The van der Waals surface area contributed by atoms with Crippen molar-refractivity contribution in [3.63, 3.8) is 0 Å². The minimum absolute atomic E-state index is 0.172. The maximum absolute atomic E-state index is 12.3. The van der Waals surface area contributed by atoms with Gasteiger partial charge < -0.3 is 10.6 Å². The molecule has 0 saturated carbocycles. The van der Waals surface area contributed by atoms with Crippen molar-refractivity contribution in [3.05, 3.63) is 88.1 Å². The summed E-state index contributed by atoms with van der Waals surface area (Å²) in [7, 11) is 0. The molecule has 0 bridgehead atoms. The van der Waals surface area contributed by atoms with Crippen LogP contribution in [-0.2, 0) is 4.79 Å². The number of thiophene rings is 1. The number of amides is 2. The molecule has 0 fully saturated rings. The summed E-state index contributed by atoms with van der Waals surface area (Å²) >= 11 is 6.71. The summed E-state index contributed by atoms with van der Waals surface area (Å²) in [6, 6.07) is 18.3. The number of benzene rings is 2. The molecule has 146 valence electrons. The number of nitrogens with one attached hydrogen (secondary N) is 3. The van der Waals surface area contributed by atoms with Crippen LogP contribution in [-0.4, -0.2) is 16.9 Å². The summed E-state index contributed by atoms with van der Waals surface area (Å²) in [5.41, 5.74) is 2.99. The second-order valence-corrected chi connectivity index (χ2v) is 7.58. The Bertz CT molecular complexity index is 1040. The lowest BCUT2D eigenvalue weighted by atomic mass is 10.1. The summed E-state index contributed by atoms with van der Waals surface area (Å²) in [6.07, 6.45) is 3.16. The number of carbonyl (C=O) groups is 2. The second kappa shape index (κ2) is 9.77. The first-order valence-electron chi connectivity index (χ1n) is 8.81. The zero-order valence-electron chi connectivity index (χ0n) is 15.6. The van der Waals surface area contributed by atoms with Crippen LogP contribution in [0.15, 0.2) is 72.1 Å². The Hall–Kier alpha value is -3.29. The zero-order chi connectivity index (χ0) is 20.6. The highest BCUT2D eigenvalue weighted by atomic mass is 32.1. The number of anilines is 2. The average molecular weight is 422 g/mol. The van der Waals surface area contributed by atoms with E-state index in [9.17, 15) is 9.59 Å². The lowest BCUT2D eigenvalue weighted by molar-refractivity contribution is -0.115. The molecule has 0 aliphatic heterocycles. The molecule has 0 radical (unpaired) electrons. The standard InChI is InChI=1S/C22H19N3O2S2/c1-15-4-2-5-16(14-15)21(27)23-17-7-9-18(10-8-17)24-22(28)25-20(26)12-11-19-6-3-13-29-19/h2-14H,1H3,(H,23,27)(H2,24,25,26,28)/b12-11+. The highest BCUT2D eigenvalue weighted by molar-refractivity contribution is 7.80. The molecule has 0 aliphatic rings. The Morgan fingerprint density at radius 2 is 1.69 bits per heavy atom. The van der Waals surface area contributed by atoms with Gasteiger partial charge in [-0.25, -0.2) is 0 Å². The molecule has 3 rings (SSSR count). The van der Waals surface area contributed by atoms with E-state index in [-0.39, 0.29) is 16.9 Å². The van der Waals surface area contributed by atoms with Gasteiger partial charge in [-0.05, 0) is 73.1 Å². The highest BCUT2D eigenvalue weighted by Gasteiger charge is 2.07.